The Kier molecular flexibility index (Phi) is 5.36. The van der Waals surface area contributed by atoms with Gasteiger partial charge in [-0.15, -0.1) is 0 Å². The number of nitrogens with one attached hydrogen (secondary N) is 1. The maximum absolute atomic E-state index is 11.1. The monoisotopic (exact) mass is 380 g/mol. The number of benzene rings is 2. The summed E-state index contributed by atoms with van der Waals surface area (Å²) in [6.07, 6.45) is 1.03. The van der Waals surface area contributed by atoms with Crippen LogP contribution in [0.3, 0.4) is 0 Å². The van der Waals surface area contributed by atoms with E-state index in [0.717, 1.165) is 50.6 Å². The Hall–Kier alpha value is -2.44. The first kappa shape index (κ1) is 17.9. The second-order valence-corrected chi connectivity index (χ2v) is 7.76. The molecule has 5 nitrogen and oxygen atoms in total. The summed E-state index contributed by atoms with van der Waals surface area (Å²) in [5.41, 5.74) is 2.16. The van der Waals surface area contributed by atoms with Crippen LogP contribution in [0.15, 0.2) is 48.5 Å². The van der Waals surface area contributed by atoms with E-state index in [4.69, 9.17) is 0 Å². The lowest BCUT2D eigenvalue weighted by Crippen LogP contribution is -2.47. The minimum Gasteiger partial charge on any atom is -0.353 e. The number of anilines is 2. The maximum Gasteiger partial charge on any atom is 0.221 e. The Morgan fingerprint density at radius 2 is 1.81 bits per heavy atom. The second kappa shape index (κ2) is 8.06. The number of aromatic nitrogens is 1. The molecule has 3 aromatic rings. The van der Waals surface area contributed by atoms with Crippen molar-refractivity contribution in [2.45, 2.75) is 13.3 Å². The van der Waals surface area contributed by atoms with Crippen molar-refractivity contribution in [3.63, 3.8) is 0 Å². The van der Waals surface area contributed by atoms with Gasteiger partial charge in [-0.05, 0) is 47.8 Å². The van der Waals surface area contributed by atoms with Crippen molar-refractivity contribution in [1.29, 1.82) is 0 Å². The van der Waals surface area contributed by atoms with Gasteiger partial charge in [0.15, 0.2) is 0 Å². The third kappa shape index (κ3) is 4.28. The zero-order valence-corrected chi connectivity index (χ0v) is 16.3. The summed E-state index contributed by atoms with van der Waals surface area (Å²) in [6, 6.07) is 16.6. The fraction of sp³-hybridized carbons (Fsp3) is 0.333. The van der Waals surface area contributed by atoms with Gasteiger partial charge in [0, 0.05) is 50.7 Å². The van der Waals surface area contributed by atoms with Crippen LogP contribution in [0.25, 0.3) is 10.1 Å². The van der Waals surface area contributed by atoms with E-state index in [1.165, 1.54) is 22.6 Å². The lowest BCUT2D eigenvalue weighted by molar-refractivity contribution is -0.114. The molecule has 0 saturated carbocycles. The Balaban J connectivity index is 1.29. The topological polar surface area (TPSA) is 48.5 Å². The highest BCUT2D eigenvalue weighted by molar-refractivity contribution is 7.13. The number of carbonyl (C=O) groups is 1. The van der Waals surface area contributed by atoms with Gasteiger partial charge in [0.25, 0.3) is 0 Å². The van der Waals surface area contributed by atoms with Gasteiger partial charge in [-0.1, -0.05) is 24.3 Å². The van der Waals surface area contributed by atoms with Gasteiger partial charge in [0.1, 0.15) is 5.82 Å². The van der Waals surface area contributed by atoms with Crippen molar-refractivity contribution in [3.05, 3.63) is 54.1 Å². The minimum absolute atomic E-state index is 0.0338. The molecule has 27 heavy (non-hydrogen) atoms. The third-order valence-electron chi connectivity index (χ3n) is 5.02. The van der Waals surface area contributed by atoms with Gasteiger partial charge in [0.05, 0.1) is 4.70 Å². The minimum atomic E-state index is -0.0338. The van der Waals surface area contributed by atoms with E-state index in [2.05, 4.69) is 55.9 Å². The van der Waals surface area contributed by atoms with Crippen LogP contribution in [0.5, 0.6) is 0 Å². The van der Waals surface area contributed by atoms with E-state index >= 15 is 0 Å². The van der Waals surface area contributed by atoms with Crippen molar-refractivity contribution in [2.24, 2.45) is 0 Å². The Labute approximate surface area is 163 Å². The molecular formula is C21H24N4OS. The van der Waals surface area contributed by atoms with Gasteiger partial charge in [0.2, 0.25) is 5.91 Å². The molecule has 4 rings (SSSR count). The zero-order chi connectivity index (χ0) is 18.6. The molecule has 6 heteroatoms. The summed E-state index contributed by atoms with van der Waals surface area (Å²) in [6.45, 7) is 6.77. The van der Waals surface area contributed by atoms with Crippen molar-refractivity contribution >= 4 is 39.0 Å². The van der Waals surface area contributed by atoms with Crippen LogP contribution in [0.1, 0.15) is 12.5 Å². The molecule has 140 valence electrons. The Morgan fingerprint density at radius 3 is 2.56 bits per heavy atom. The number of hydrogen-bond donors (Lipinski definition) is 1. The average Bonchev–Trinajstić information content (AvgIpc) is 3.12. The summed E-state index contributed by atoms with van der Waals surface area (Å²) in [4.78, 5) is 16.0. The molecule has 1 aliphatic heterocycles. The standard InChI is InChI=1S/C21H24N4OS/c1-16(26)22-18-8-6-17(7-9-18)10-11-24-12-14-25(15-13-24)21-19-4-2-3-5-20(19)27-23-21/h2-9H,10-15H2,1H3,(H,22,26). The van der Waals surface area contributed by atoms with Crippen LogP contribution in [-0.4, -0.2) is 47.9 Å². The third-order valence-corrected chi connectivity index (χ3v) is 5.84. The van der Waals surface area contributed by atoms with Gasteiger partial charge >= 0.3 is 0 Å². The molecule has 1 amide bonds. The molecule has 0 spiro atoms. The molecule has 1 saturated heterocycles. The van der Waals surface area contributed by atoms with Crippen molar-refractivity contribution < 1.29 is 4.79 Å². The molecule has 2 heterocycles. The number of fused-ring (bicyclic) bond motifs is 1. The van der Waals surface area contributed by atoms with E-state index in [1.807, 2.05) is 12.1 Å². The number of hydrogen-bond acceptors (Lipinski definition) is 5. The number of rotatable bonds is 5. The molecule has 1 aliphatic rings. The molecular weight excluding hydrogens is 356 g/mol. The quantitative estimate of drug-likeness (QED) is 0.734. The molecule has 2 aromatic carbocycles. The predicted molar refractivity (Wildman–Crippen MR) is 113 cm³/mol. The fourth-order valence-electron chi connectivity index (χ4n) is 3.53. The van der Waals surface area contributed by atoms with E-state index < -0.39 is 0 Å². The van der Waals surface area contributed by atoms with Crippen LogP contribution >= 0.6 is 11.5 Å². The summed E-state index contributed by atoms with van der Waals surface area (Å²) >= 11 is 1.59. The van der Waals surface area contributed by atoms with Gasteiger partial charge in [-0.2, -0.15) is 4.37 Å². The van der Waals surface area contributed by atoms with E-state index in [-0.39, 0.29) is 5.91 Å². The first-order valence-electron chi connectivity index (χ1n) is 9.37. The number of amides is 1. The molecule has 1 aromatic heterocycles. The smallest absolute Gasteiger partial charge is 0.221 e. The molecule has 0 bridgehead atoms. The van der Waals surface area contributed by atoms with Crippen LogP contribution in [0, 0.1) is 0 Å². The molecule has 0 radical (unpaired) electrons. The van der Waals surface area contributed by atoms with E-state index in [1.54, 1.807) is 11.5 Å². The normalized spacial score (nSPS) is 15.2. The average molecular weight is 381 g/mol. The molecule has 0 aliphatic carbocycles. The lowest BCUT2D eigenvalue weighted by Gasteiger charge is -2.35. The van der Waals surface area contributed by atoms with Gasteiger partial charge in [-0.25, -0.2) is 0 Å². The predicted octanol–water partition coefficient (Wildman–Crippen LogP) is 3.62. The van der Waals surface area contributed by atoms with Crippen LogP contribution in [0.4, 0.5) is 11.5 Å². The largest absolute Gasteiger partial charge is 0.353 e. The Morgan fingerprint density at radius 1 is 1.07 bits per heavy atom. The first-order chi connectivity index (χ1) is 13.2. The second-order valence-electron chi connectivity index (χ2n) is 6.96. The fourth-order valence-corrected chi connectivity index (χ4v) is 4.32. The summed E-state index contributed by atoms with van der Waals surface area (Å²) in [5, 5.41) is 4.08. The highest BCUT2D eigenvalue weighted by Gasteiger charge is 2.20. The number of nitrogens with zero attached hydrogens (tertiary/aromatic N) is 3. The molecule has 0 unspecified atom stereocenters. The Bertz CT molecular complexity index is 913. The zero-order valence-electron chi connectivity index (χ0n) is 15.5. The van der Waals surface area contributed by atoms with Crippen LogP contribution < -0.4 is 10.2 Å². The summed E-state index contributed by atoms with van der Waals surface area (Å²) in [5.74, 6) is 1.11. The van der Waals surface area contributed by atoms with E-state index in [0.29, 0.717) is 0 Å². The number of carbonyl (C=O) groups excluding carboxylic acids is 1. The molecule has 1 N–H and O–H groups in total. The van der Waals surface area contributed by atoms with Crippen LogP contribution in [-0.2, 0) is 11.2 Å². The van der Waals surface area contributed by atoms with Crippen molar-refractivity contribution in [3.8, 4) is 0 Å². The highest BCUT2D eigenvalue weighted by Crippen LogP contribution is 2.29. The lowest BCUT2D eigenvalue weighted by atomic mass is 10.1. The first-order valence-corrected chi connectivity index (χ1v) is 10.1. The number of piperazine rings is 1. The SMILES string of the molecule is CC(=O)Nc1ccc(CCN2CCN(c3nsc4ccccc34)CC2)cc1. The van der Waals surface area contributed by atoms with E-state index in [9.17, 15) is 4.79 Å². The van der Waals surface area contributed by atoms with Gasteiger partial charge in [-0.3, -0.25) is 9.69 Å². The van der Waals surface area contributed by atoms with Gasteiger partial charge < -0.3 is 10.2 Å². The maximum atomic E-state index is 11.1. The summed E-state index contributed by atoms with van der Waals surface area (Å²) < 4.78 is 5.95. The molecule has 1 fully saturated rings. The van der Waals surface area contributed by atoms with Crippen molar-refractivity contribution in [2.75, 3.05) is 42.9 Å². The van der Waals surface area contributed by atoms with Crippen LogP contribution in [0.2, 0.25) is 0 Å². The van der Waals surface area contributed by atoms with Crippen molar-refractivity contribution in [1.82, 2.24) is 9.27 Å². The summed E-state index contributed by atoms with van der Waals surface area (Å²) in [7, 11) is 0. The molecule has 0 atom stereocenters. The highest BCUT2D eigenvalue weighted by atomic mass is 32.1.